The molecule has 2 amide bonds. The molecule has 2 aliphatic heterocycles. The first-order chi connectivity index (χ1) is 13.4. The molecule has 1 aromatic carbocycles. The van der Waals surface area contributed by atoms with E-state index in [1.165, 1.54) is 10.9 Å². The van der Waals surface area contributed by atoms with Gasteiger partial charge in [-0.25, -0.2) is 0 Å². The zero-order valence-corrected chi connectivity index (χ0v) is 16.6. The van der Waals surface area contributed by atoms with E-state index >= 15 is 0 Å². The topological polar surface area (TPSA) is 65.5 Å². The van der Waals surface area contributed by atoms with Crippen LogP contribution in [0.3, 0.4) is 0 Å². The second kappa shape index (κ2) is 7.51. The number of piperidine rings is 1. The van der Waals surface area contributed by atoms with Gasteiger partial charge in [-0.05, 0) is 43.0 Å². The molecule has 0 bridgehead atoms. The van der Waals surface area contributed by atoms with E-state index in [-0.39, 0.29) is 23.4 Å². The molecule has 28 heavy (non-hydrogen) atoms. The monoisotopic (exact) mass is 380 g/mol. The van der Waals surface area contributed by atoms with Crippen LogP contribution in [0.5, 0.6) is 0 Å². The molecule has 2 saturated heterocycles. The van der Waals surface area contributed by atoms with Gasteiger partial charge in [0.05, 0.1) is 5.52 Å². The minimum absolute atomic E-state index is 0.0196. The van der Waals surface area contributed by atoms with Crippen LogP contribution >= 0.6 is 0 Å². The summed E-state index contributed by atoms with van der Waals surface area (Å²) in [7, 11) is 0. The molecule has 3 heterocycles. The van der Waals surface area contributed by atoms with E-state index in [4.69, 9.17) is 0 Å². The number of likely N-dealkylation sites (tertiary alicyclic amines) is 2. The maximum Gasteiger partial charge on any atom is 0.219 e. The van der Waals surface area contributed by atoms with Crippen molar-refractivity contribution in [2.75, 3.05) is 19.6 Å². The van der Waals surface area contributed by atoms with Gasteiger partial charge in [-0.2, -0.15) is 0 Å². The Balaban J connectivity index is 1.42. The first-order valence-electron chi connectivity index (χ1n) is 10.1. The summed E-state index contributed by atoms with van der Waals surface area (Å²) in [5, 5.41) is 4.19. The number of hydrogen-bond acceptors (Lipinski definition) is 4. The normalized spacial score (nSPS) is 21.9. The molecule has 1 aromatic heterocycles. The van der Waals surface area contributed by atoms with Gasteiger partial charge < -0.3 is 10.2 Å². The van der Waals surface area contributed by atoms with Crippen molar-refractivity contribution in [2.24, 2.45) is 0 Å². The Morgan fingerprint density at radius 2 is 2.00 bits per heavy atom. The van der Waals surface area contributed by atoms with Crippen molar-refractivity contribution in [3.05, 3.63) is 42.1 Å². The third-order valence-corrected chi connectivity index (χ3v) is 6.25. The molecule has 1 N–H and O–H groups in total. The van der Waals surface area contributed by atoms with Crippen LogP contribution in [0.1, 0.15) is 38.7 Å². The highest BCUT2D eigenvalue weighted by atomic mass is 16.2. The fraction of sp³-hybridized carbons (Fsp3) is 0.500. The number of carbonyl (C=O) groups is 2. The Morgan fingerprint density at radius 1 is 1.21 bits per heavy atom. The number of amides is 2. The van der Waals surface area contributed by atoms with Gasteiger partial charge in [-0.1, -0.05) is 12.1 Å². The lowest BCUT2D eigenvalue weighted by Crippen LogP contribution is -2.53. The molecule has 6 heteroatoms. The molecule has 2 aliphatic rings. The largest absolute Gasteiger partial charge is 0.352 e. The van der Waals surface area contributed by atoms with Crippen molar-refractivity contribution in [3.63, 3.8) is 0 Å². The predicted octanol–water partition coefficient (Wildman–Crippen LogP) is 2.33. The lowest BCUT2D eigenvalue weighted by Gasteiger charge is -2.44. The average Bonchev–Trinajstić information content (AvgIpc) is 3.01. The summed E-state index contributed by atoms with van der Waals surface area (Å²) >= 11 is 0. The van der Waals surface area contributed by atoms with Crippen molar-refractivity contribution < 1.29 is 9.59 Å². The number of carbonyl (C=O) groups excluding carboxylic acids is 2. The second-order valence-corrected chi connectivity index (χ2v) is 8.26. The van der Waals surface area contributed by atoms with E-state index in [2.05, 4.69) is 39.5 Å². The highest BCUT2D eigenvalue weighted by Crippen LogP contribution is 2.39. The molecular formula is C22H28N4O2. The lowest BCUT2D eigenvalue weighted by molar-refractivity contribution is -0.134. The van der Waals surface area contributed by atoms with Crippen LogP contribution in [0.2, 0.25) is 0 Å². The van der Waals surface area contributed by atoms with Crippen molar-refractivity contribution in [3.8, 4) is 0 Å². The van der Waals surface area contributed by atoms with Gasteiger partial charge in [0, 0.05) is 63.2 Å². The molecule has 6 nitrogen and oxygen atoms in total. The van der Waals surface area contributed by atoms with Crippen LogP contribution in [0.4, 0.5) is 0 Å². The quantitative estimate of drug-likeness (QED) is 0.888. The molecule has 2 aromatic rings. The van der Waals surface area contributed by atoms with Gasteiger partial charge in [-0.15, -0.1) is 0 Å². The van der Waals surface area contributed by atoms with Gasteiger partial charge in [0.1, 0.15) is 0 Å². The summed E-state index contributed by atoms with van der Waals surface area (Å²) in [5.41, 5.74) is 2.21. The maximum absolute atomic E-state index is 12.2. The van der Waals surface area contributed by atoms with Gasteiger partial charge in [0.25, 0.3) is 0 Å². The Morgan fingerprint density at radius 3 is 2.71 bits per heavy atom. The molecule has 4 rings (SSSR count). The number of rotatable bonds is 3. The molecule has 0 radical (unpaired) electrons. The van der Waals surface area contributed by atoms with Crippen LogP contribution < -0.4 is 5.32 Å². The summed E-state index contributed by atoms with van der Waals surface area (Å²) in [6.07, 6.45) is 4.60. The van der Waals surface area contributed by atoms with Gasteiger partial charge in [0.15, 0.2) is 0 Å². The fourth-order valence-corrected chi connectivity index (χ4v) is 4.98. The van der Waals surface area contributed by atoms with Gasteiger partial charge in [-0.3, -0.25) is 19.5 Å². The van der Waals surface area contributed by atoms with Crippen LogP contribution in [-0.2, 0) is 16.1 Å². The molecule has 0 aliphatic carbocycles. The van der Waals surface area contributed by atoms with E-state index in [1.54, 1.807) is 13.8 Å². The van der Waals surface area contributed by atoms with Crippen molar-refractivity contribution in [1.82, 2.24) is 20.1 Å². The third kappa shape index (κ3) is 3.74. The number of nitrogens with zero attached hydrogens (tertiary/aromatic N) is 3. The van der Waals surface area contributed by atoms with E-state index in [0.717, 1.165) is 44.4 Å². The van der Waals surface area contributed by atoms with Crippen LogP contribution in [0.15, 0.2) is 36.5 Å². The zero-order chi connectivity index (χ0) is 19.7. The smallest absolute Gasteiger partial charge is 0.219 e. The van der Waals surface area contributed by atoms with Crippen LogP contribution in [-0.4, -0.2) is 57.8 Å². The lowest BCUT2D eigenvalue weighted by atomic mass is 9.84. The second-order valence-electron chi connectivity index (χ2n) is 8.26. The highest BCUT2D eigenvalue weighted by Gasteiger charge is 2.48. The number of pyridine rings is 1. The molecule has 1 spiro atoms. The number of nitrogens with one attached hydrogen (secondary N) is 1. The molecule has 1 unspecified atom stereocenters. The average molecular weight is 380 g/mol. The first-order valence-corrected chi connectivity index (χ1v) is 10.1. The minimum Gasteiger partial charge on any atom is -0.352 e. The molecule has 148 valence electrons. The summed E-state index contributed by atoms with van der Waals surface area (Å²) in [6.45, 7) is 6.66. The zero-order valence-electron chi connectivity index (χ0n) is 16.6. The minimum atomic E-state index is -0.108. The predicted molar refractivity (Wildman–Crippen MR) is 109 cm³/mol. The summed E-state index contributed by atoms with van der Waals surface area (Å²) in [6, 6.07) is 10.6. The molecule has 1 atom stereocenters. The molecule has 2 fully saturated rings. The van der Waals surface area contributed by atoms with Crippen LogP contribution in [0, 0.1) is 0 Å². The number of aromatic nitrogens is 1. The Hall–Kier alpha value is -2.47. The van der Waals surface area contributed by atoms with E-state index in [0.29, 0.717) is 6.54 Å². The summed E-state index contributed by atoms with van der Waals surface area (Å²) in [4.78, 5) is 32.6. The first kappa shape index (κ1) is 18.9. The highest BCUT2D eigenvalue weighted by molar-refractivity contribution is 5.79. The summed E-state index contributed by atoms with van der Waals surface area (Å²) in [5.74, 6) is 0.0945. The Labute approximate surface area is 165 Å². The fourth-order valence-electron chi connectivity index (χ4n) is 4.98. The van der Waals surface area contributed by atoms with Gasteiger partial charge in [0.2, 0.25) is 11.8 Å². The standard InChI is InChI=1S/C22H28N4O2/c1-16(27)24-20-13-22(26(15-20)17(2)28)7-10-25(11-8-22)14-18-5-6-21-19(12-18)4-3-9-23-21/h3-6,9,12,20H,7-8,10-11,13-15H2,1-2H3,(H,24,27). The van der Waals surface area contributed by atoms with E-state index < -0.39 is 0 Å². The number of benzene rings is 1. The van der Waals surface area contributed by atoms with Crippen molar-refractivity contribution in [1.29, 1.82) is 0 Å². The Kier molecular flexibility index (Phi) is 5.06. The van der Waals surface area contributed by atoms with Crippen LogP contribution in [0.25, 0.3) is 10.9 Å². The third-order valence-electron chi connectivity index (χ3n) is 6.25. The van der Waals surface area contributed by atoms with Crippen molar-refractivity contribution >= 4 is 22.7 Å². The molecular weight excluding hydrogens is 352 g/mol. The van der Waals surface area contributed by atoms with E-state index in [9.17, 15) is 9.59 Å². The molecule has 0 saturated carbocycles. The van der Waals surface area contributed by atoms with E-state index in [1.807, 2.05) is 17.2 Å². The Bertz CT molecular complexity index is 889. The summed E-state index contributed by atoms with van der Waals surface area (Å²) < 4.78 is 0. The number of fused-ring (bicyclic) bond motifs is 1. The van der Waals surface area contributed by atoms with Crippen molar-refractivity contribution in [2.45, 2.75) is 51.2 Å². The SMILES string of the molecule is CC(=O)NC1CN(C(C)=O)C2(CCN(Cc3ccc4ncccc4c3)CC2)C1. The van der Waals surface area contributed by atoms with Gasteiger partial charge >= 0.3 is 0 Å². The number of hydrogen-bond donors (Lipinski definition) is 1. The maximum atomic E-state index is 12.2.